The van der Waals surface area contributed by atoms with Crippen molar-refractivity contribution in [1.29, 1.82) is 0 Å². The third-order valence-electron chi connectivity index (χ3n) is 9.66. The number of benzene rings is 4. The highest BCUT2D eigenvalue weighted by molar-refractivity contribution is 5.54. The second-order valence-corrected chi connectivity index (χ2v) is 18.6. The van der Waals surface area contributed by atoms with E-state index in [1.165, 1.54) is 27.8 Å². The summed E-state index contributed by atoms with van der Waals surface area (Å²) in [5.74, 6) is 0.646. The van der Waals surface area contributed by atoms with Gasteiger partial charge in [0.05, 0.1) is 0 Å². The summed E-state index contributed by atoms with van der Waals surface area (Å²) in [5, 5.41) is 14.6. The first-order chi connectivity index (χ1) is 25.1. The number of phenolic OH excluding ortho intramolecular Hbond substituents is 1. The van der Waals surface area contributed by atoms with Gasteiger partial charge < -0.3 is 19.9 Å². The summed E-state index contributed by atoms with van der Waals surface area (Å²) < 4.78 is 12.7. The number of hydrogen-bond donors (Lipinski definition) is 2. The van der Waals surface area contributed by atoms with Crippen LogP contribution in [-0.2, 0) is 41.3 Å². The number of hydrogen-bond acceptors (Lipinski definition) is 7. The minimum atomic E-state index is -0.266. The van der Waals surface area contributed by atoms with Crippen LogP contribution in [0.5, 0.6) is 17.8 Å². The second-order valence-electron chi connectivity index (χ2n) is 18.6. The van der Waals surface area contributed by atoms with Gasteiger partial charge >= 0.3 is 12.0 Å². The van der Waals surface area contributed by atoms with E-state index in [-0.39, 0.29) is 46.9 Å². The average Bonchev–Trinajstić information content (AvgIpc) is 3.06. The van der Waals surface area contributed by atoms with Gasteiger partial charge in [-0.05, 0) is 109 Å². The van der Waals surface area contributed by atoms with Crippen LogP contribution in [0.15, 0.2) is 78.9 Å². The van der Waals surface area contributed by atoms with E-state index < -0.39 is 0 Å². The third-order valence-corrected chi connectivity index (χ3v) is 9.66. The van der Waals surface area contributed by atoms with E-state index >= 15 is 0 Å². The minimum absolute atomic E-state index is 0.0318. The Kier molecular flexibility index (Phi) is 11.5. The van der Waals surface area contributed by atoms with Gasteiger partial charge in [0.2, 0.25) is 5.95 Å². The lowest BCUT2D eigenvalue weighted by molar-refractivity contribution is 0.250. The molecule has 0 fully saturated rings. The summed E-state index contributed by atoms with van der Waals surface area (Å²) in [6.07, 6.45) is 0.848. The molecule has 0 bridgehead atoms. The number of anilines is 2. The molecule has 1 aromatic heterocycles. The van der Waals surface area contributed by atoms with Crippen molar-refractivity contribution in [3.05, 3.63) is 129 Å². The zero-order valence-electron chi connectivity index (χ0n) is 34.7. The van der Waals surface area contributed by atoms with E-state index in [1.54, 1.807) is 0 Å². The maximum absolute atomic E-state index is 11.3. The molecule has 4 aromatic carbocycles. The molecule has 2 N–H and O–H groups in total. The Bertz CT molecular complexity index is 1890. The molecule has 0 aliphatic rings. The molecule has 7 nitrogen and oxygen atoms in total. The molecular formula is C47H60N4O3. The molecule has 5 aromatic rings. The fourth-order valence-electron chi connectivity index (χ4n) is 6.82. The molecule has 5 rings (SSSR count). The average molecular weight is 729 g/mol. The quantitative estimate of drug-likeness (QED) is 0.148. The van der Waals surface area contributed by atoms with Gasteiger partial charge in [-0.15, -0.1) is 4.98 Å². The van der Waals surface area contributed by atoms with Crippen LogP contribution in [0, 0.1) is 6.92 Å². The van der Waals surface area contributed by atoms with Crippen molar-refractivity contribution in [3.63, 3.8) is 0 Å². The van der Waals surface area contributed by atoms with Crippen molar-refractivity contribution in [2.24, 2.45) is 0 Å². The number of nitrogens with zero attached hydrogens (tertiary/aromatic N) is 3. The smallest absolute Gasteiger partial charge is 0.324 e. The number of ether oxygens (including phenoxy) is 2. The number of aromatic hydroxyl groups is 1. The van der Waals surface area contributed by atoms with Crippen LogP contribution in [0.25, 0.3) is 0 Å². The van der Waals surface area contributed by atoms with Gasteiger partial charge in [0.1, 0.15) is 19.0 Å². The van der Waals surface area contributed by atoms with Gasteiger partial charge in [-0.2, -0.15) is 9.97 Å². The maximum atomic E-state index is 11.3. The molecule has 0 amide bonds. The Balaban J connectivity index is 1.47. The van der Waals surface area contributed by atoms with Crippen LogP contribution in [-0.4, -0.2) is 20.1 Å². The fraction of sp³-hybridized carbons (Fsp3) is 0.426. The maximum Gasteiger partial charge on any atom is 0.324 e. The highest BCUT2D eigenvalue weighted by Crippen LogP contribution is 2.40. The van der Waals surface area contributed by atoms with Crippen LogP contribution < -0.4 is 14.8 Å². The molecule has 0 saturated carbocycles. The molecule has 0 saturated heterocycles. The topological polar surface area (TPSA) is 89.4 Å². The summed E-state index contributed by atoms with van der Waals surface area (Å²) in [7, 11) is 0. The first-order valence-electron chi connectivity index (χ1n) is 19.0. The van der Waals surface area contributed by atoms with Gasteiger partial charge in [0.15, 0.2) is 0 Å². The molecule has 0 unspecified atom stereocenters. The molecule has 54 heavy (non-hydrogen) atoms. The molecule has 1 heterocycles. The second kappa shape index (κ2) is 15.4. The molecule has 0 aliphatic carbocycles. The summed E-state index contributed by atoms with van der Waals surface area (Å²) in [4.78, 5) is 14.0. The number of aromatic nitrogens is 3. The Morgan fingerprint density at radius 3 is 1.35 bits per heavy atom. The summed E-state index contributed by atoms with van der Waals surface area (Å²) in [5.41, 5.74) is 10.3. The molecule has 0 aliphatic heterocycles. The van der Waals surface area contributed by atoms with Crippen molar-refractivity contribution >= 4 is 11.6 Å². The van der Waals surface area contributed by atoms with E-state index in [1.807, 2.05) is 30.3 Å². The van der Waals surface area contributed by atoms with Crippen LogP contribution >= 0.6 is 0 Å². The monoisotopic (exact) mass is 728 g/mol. The van der Waals surface area contributed by atoms with Crippen LogP contribution in [0.1, 0.15) is 133 Å². The SMILES string of the molecule is Cc1c(C(C)(C)C)cc(COc2nc(Nc3ccc(Cc4ccccc4)cc3)nc(OCc3cc(C(C)(C)C)c(O)c(C(C)(C)C)c3)n2)cc1C(C)(C)C. The largest absolute Gasteiger partial charge is 0.507 e. The van der Waals surface area contributed by atoms with Crippen molar-refractivity contribution in [1.82, 2.24) is 15.0 Å². The summed E-state index contributed by atoms with van der Waals surface area (Å²) >= 11 is 0. The standard InChI is InChI=1S/C47H60N4O3/c1-30-36(44(2,3)4)24-33(25-37(30)45(5,6)7)28-53-42-49-41(48-35-21-19-32(20-22-35)23-31-17-15-14-16-18-31)50-43(51-42)54-29-34-26-38(46(8,9)10)40(52)39(27-34)47(11,12)13/h14-22,24-27,52H,23,28-29H2,1-13H3,(H,48,49,50,51). The Morgan fingerprint density at radius 2 is 0.926 bits per heavy atom. The Morgan fingerprint density at radius 1 is 0.519 bits per heavy atom. The van der Waals surface area contributed by atoms with Gasteiger partial charge in [-0.1, -0.05) is 138 Å². The summed E-state index contributed by atoms with van der Waals surface area (Å²) in [6.45, 7) is 28.8. The number of nitrogens with one attached hydrogen (secondary N) is 1. The van der Waals surface area contributed by atoms with Crippen molar-refractivity contribution in [2.45, 2.75) is 131 Å². The van der Waals surface area contributed by atoms with Gasteiger partial charge in [0.25, 0.3) is 0 Å². The molecule has 7 heteroatoms. The first kappa shape index (κ1) is 40.3. The zero-order valence-corrected chi connectivity index (χ0v) is 34.7. The Labute approximate surface area is 323 Å². The lowest BCUT2D eigenvalue weighted by atomic mass is 9.76. The molecule has 0 radical (unpaired) electrons. The molecule has 0 spiro atoms. The highest BCUT2D eigenvalue weighted by Gasteiger charge is 2.27. The van der Waals surface area contributed by atoms with Crippen molar-refractivity contribution in [2.75, 3.05) is 5.32 Å². The molecular weight excluding hydrogens is 669 g/mol. The minimum Gasteiger partial charge on any atom is -0.507 e. The molecule has 0 atom stereocenters. The van der Waals surface area contributed by atoms with Gasteiger partial charge in [-0.25, -0.2) is 0 Å². The normalized spacial score (nSPS) is 12.5. The van der Waals surface area contributed by atoms with Crippen LogP contribution in [0.4, 0.5) is 11.6 Å². The van der Waals surface area contributed by atoms with E-state index in [9.17, 15) is 5.11 Å². The van der Waals surface area contributed by atoms with Crippen LogP contribution in [0.3, 0.4) is 0 Å². The summed E-state index contributed by atoms with van der Waals surface area (Å²) in [6, 6.07) is 27.5. The lowest BCUT2D eigenvalue weighted by Gasteiger charge is -2.29. The van der Waals surface area contributed by atoms with E-state index in [2.05, 4.69) is 159 Å². The Hall–Kier alpha value is -4.91. The fourth-order valence-corrected chi connectivity index (χ4v) is 6.82. The molecule has 286 valence electrons. The zero-order chi connectivity index (χ0) is 39.6. The van der Waals surface area contributed by atoms with Crippen molar-refractivity contribution < 1.29 is 14.6 Å². The number of rotatable bonds is 10. The predicted molar refractivity (Wildman–Crippen MR) is 222 cm³/mol. The highest BCUT2D eigenvalue weighted by atomic mass is 16.5. The van der Waals surface area contributed by atoms with E-state index in [0.717, 1.165) is 34.4 Å². The van der Waals surface area contributed by atoms with Gasteiger partial charge in [-0.3, -0.25) is 0 Å². The van der Waals surface area contributed by atoms with E-state index in [4.69, 9.17) is 9.47 Å². The predicted octanol–water partition coefficient (Wildman–Crippen LogP) is 11.6. The van der Waals surface area contributed by atoms with Crippen molar-refractivity contribution in [3.8, 4) is 17.8 Å². The van der Waals surface area contributed by atoms with E-state index in [0.29, 0.717) is 11.7 Å². The third kappa shape index (κ3) is 10.2. The lowest BCUT2D eigenvalue weighted by Crippen LogP contribution is -2.20. The van der Waals surface area contributed by atoms with Crippen LogP contribution in [0.2, 0.25) is 0 Å². The number of phenols is 1. The van der Waals surface area contributed by atoms with Gasteiger partial charge in [0, 0.05) is 5.69 Å². The first-order valence-corrected chi connectivity index (χ1v) is 19.0.